The number of benzene rings is 1. The molecule has 0 bridgehead atoms. The largest absolute Gasteiger partial charge is 0.468 e. The summed E-state index contributed by atoms with van der Waals surface area (Å²) in [7, 11) is 2.46. The summed E-state index contributed by atoms with van der Waals surface area (Å²) in [5.41, 5.74) is -0.752. The number of aliphatic hydroxyl groups is 1. The van der Waals surface area contributed by atoms with Crippen molar-refractivity contribution >= 4 is 17.6 Å². The van der Waals surface area contributed by atoms with Gasteiger partial charge in [0.1, 0.15) is 0 Å². The van der Waals surface area contributed by atoms with E-state index >= 15 is 0 Å². The average molecular weight is 307 g/mol. The number of ether oxygens (including phenoxy) is 2. The van der Waals surface area contributed by atoms with Gasteiger partial charge in [0.15, 0.2) is 5.41 Å². The first-order valence-electron chi connectivity index (χ1n) is 7.21. The molecule has 2 N–H and O–H groups in total. The van der Waals surface area contributed by atoms with Crippen LogP contribution < -0.4 is 5.32 Å². The van der Waals surface area contributed by atoms with Crippen molar-refractivity contribution < 1.29 is 24.2 Å². The molecule has 0 amide bonds. The van der Waals surface area contributed by atoms with Crippen molar-refractivity contribution in [2.75, 3.05) is 19.5 Å². The van der Waals surface area contributed by atoms with Crippen molar-refractivity contribution in [3.05, 3.63) is 30.3 Å². The first-order valence-corrected chi connectivity index (χ1v) is 7.21. The van der Waals surface area contributed by atoms with Crippen LogP contribution in [0.5, 0.6) is 0 Å². The predicted octanol–water partition coefficient (Wildman–Crippen LogP) is 1.34. The monoisotopic (exact) mass is 307 g/mol. The summed E-state index contributed by atoms with van der Waals surface area (Å²) in [5, 5.41) is 13.2. The minimum absolute atomic E-state index is 0.0170. The molecule has 1 saturated carbocycles. The minimum Gasteiger partial charge on any atom is -0.468 e. The summed E-state index contributed by atoms with van der Waals surface area (Å²) in [6.07, 6.45) is 0.198. The highest BCUT2D eigenvalue weighted by Crippen LogP contribution is 2.40. The topological polar surface area (TPSA) is 84.9 Å². The molecule has 1 aliphatic rings. The number of rotatable bonds is 4. The Hall–Kier alpha value is -2.08. The van der Waals surface area contributed by atoms with Crippen molar-refractivity contribution in [3.8, 4) is 0 Å². The highest BCUT2D eigenvalue weighted by molar-refractivity contribution is 6.01. The Morgan fingerprint density at radius 1 is 1.14 bits per heavy atom. The Kier molecular flexibility index (Phi) is 5.03. The lowest BCUT2D eigenvalue weighted by atomic mass is 9.68. The number of esters is 2. The SMILES string of the molecule is COC(=O)C1(C(=O)OC)C[C@@H](O)CC[C@H]1Nc1ccccc1. The van der Waals surface area contributed by atoms with Crippen LogP contribution >= 0.6 is 0 Å². The molecule has 1 fully saturated rings. The molecule has 1 aliphatic carbocycles. The van der Waals surface area contributed by atoms with Crippen molar-refractivity contribution in [2.45, 2.75) is 31.4 Å². The van der Waals surface area contributed by atoms with Gasteiger partial charge in [-0.1, -0.05) is 18.2 Å². The lowest BCUT2D eigenvalue weighted by molar-refractivity contribution is -0.175. The highest BCUT2D eigenvalue weighted by Gasteiger charge is 2.57. The summed E-state index contributed by atoms with van der Waals surface area (Å²) in [6.45, 7) is 0. The third-order valence-corrected chi connectivity index (χ3v) is 4.16. The van der Waals surface area contributed by atoms with Crippen molar-refractivity contribution in [1.82, 2.24) is 0 Å². The van der Waals surface area contributed by atoms with Crippen LogP contribution in [0.15, 0.2) is 30.3 Å². The second-order valence-electron chi connectivity index (χ2n) is 5.45. The van der Waals surface area contributed by atoms with Gasteiger partial charge in [0.05, 0.1) is 26.4 Å². The van der Waals surface area contributed by atoms with Crippen LogP contribution in [0.4, 0.5) is 5.69 Å². The molecule has 1 aromatic rings. The van der Waals surface area contributed by atoms with E-state index in [4.69, 9.17) is 9.47 Å². The van der Waals surface area contributed by atoms with Crippen LogP contribution in [0, 0.1) is 5.41 Å². The Morgan fingerprint density at radius 2 is 1.73 bits per heavy atom. The fourth-order valence-electron chi connectivity index (χ4n) is 3.05. The van der Waals surface area contributed by atoms with Gasteiger partial charge < -0.3 is 19.9 Å². The summed E-state index contributed by atoms with van der Waals surface area (Å²) in [4.78, 5) is 24.7. The van der Waals surface area contributed by atoms with Crippen LogP contribution in [0.3, 0.4) is 0 Å². The Balaban J connectivity index is 2.38. The first kappa shape index (κ1) is 16.3. The number of hydrogen-bond donors (Lipinski definition) is 2. The van der Waals surface area contributed by atoms with Crippen molar-refractivity contribution in [3.63, 3.8) is 0 Å². The van der Waals surface area contributed by atoms with Gasteiger partial charge in [-0.2, -0.15) is 0 Å². The molecule has 120 valence electrons. The molecule has 2 rings (SSSR count). The van der Waals surface area contributed by atoms with E-state index in [1.54, 1.807) is 0 Å². The Morgan fingerprint density at radius 3 is 2.27 bits per heavy atom. The molecule has 6 nitrogen and oxygen atoms in total. The summed E-state index contributed by atoms with van der Waals surface area (Å²) in [6, 6.07) is 8.80. The standard InChI is InChI=1S/C16H21NO5/c1-21-14(19)16(15(20)22-2)10-12(18)8-9-13(16)17-11-6-4-3-5-7-11/h3-7,12-13,17-18H,8-10H2,1-2H3/t12-,13+/m0/s1. The van der Waals surface area contributed by atoms with Crippen molar-refractivity contribution in [1.29, 1.82) is 0 Å². The first-order chi connectivity index (χ1) is 10.5. The van der Waals surface area contributed by atoms with Gasteiger partial charge in [0.2, 0.25) is 0 Å². The van der Waals surface area contributed by atoms with Gasteiger partial charge in [-0.3, -0.25) is 9.59 Å². The molecule has 2 atom stereocenters. The molecule has 0 saturated heterocycles. The zero-order valence-electron chi connectivity index (χ0n) is 12.7. The number of carbonyl (C=O) groups excluding carboxylic acids is 2. The number of para-hydroxylation sites is 1. The van der Waals surface area contributed by atoms with Crippen LogP contribution in [0.2, 0.25) is 0 Å². The molecule has 0 spiro atoms. The van der Waals surface area contributed by atoms with E-state index in [2.05, 4.69) is 5.32 Å². The van der Waals surface area contributed by atoms with Crippen molar-refractivity contribution in [2.24, 2.45) is 5.41 Å². The number of methoxy groups -OCH3 is 2. The lowest BCUT2D eigenvalue weighted by Crippen LogP contribution is -2.57. The Bertz CT molecular complexity index is 515. The van der Waals surface area contributed by atoms with E-state index in [9.17, 15) is 14.7 Å². The maximum atomic E-state index is 12.4. The highest BCUT2D eigenvalue weighted by atomic mass is 16.5. The summed E-state index contributed by atoms with van der Waals surface area (Å²) in [5.74, 6) is -1.38. The van der Waals surface area contributed by atoms with Gasteiger partial charge in [0.25, 0.3) is 0 Å². The summed E-state index contributed by atoms with van der Waals surface area (Å²) >= 11 is 0. The molecule has 1 aromatic carbocycles. The van der Waals surface area contributed by atoms with E-state index in [-0.39, 0.29) is 6.42 Å². The molecule has 0 aromatic heterocycles. The molecular weight excluding hydrogens is 286 g/mol. The average Bonchev–Trinajstić information content (AvgIpc) is 2.55. The van der Waals surface area contributed by atoms with Crippen LogP contribution in [0.1, 0.15) is 19.3 Å². The van der Waals surface area contributed by atoms with Crippen LogP contribution in [-0.4, -0.2) is 43.4 Å². The third-order valence-electron chi connectivity index (χ3n) is 4.16. The van der Waals surface area contributed by atoms with Gasteiger partial charge >= 0.3 is 11.9 Å². The van der Waals surface area contributed by atoms with Gasteiger partial charge in [-0.25, -0.2) is 0 Å². The maximum absolute atomic E-state index is 12.4. The molecule has 22 heavy (non-hydrogen) atoms. The Labute approximate surface area is 129 Å². The quantitative estimate of drug-likeness (QED) is 0.645. The van der Waals surface area contributed by atoms with Crippen LogP contribution in [0.25, 0.3) is 0 Å². The fourth-order valence-corrected chi connectivity index (χ4v) is 3.05. The second kappa shape index (κ2) is 6.79. The molecule has 6 heteroatoms. The van der Waals surface area contributed by atoms with E-state index in [0.717, 1.165) is 5.69 Å². The normalized spacial score (nSPS) is 23.4. The second-order valence-corrected chi connectivity index (χ2v) is 5.45. The zero-order valence-corrected chi connectivity index (χ0v) is 12.7. The summed E-state index contributed by atoms with van der Waals surface area (Å²) < 4.78 is 9.68. The van der Waals surface area contributed by atoms with E-state index in [1.807, 2.05) is 30.3 Å². The maximum Gasteiger partial charge on any atom is 0.325 e. The molecule has 0 radical (unpaired) electrons. The molecule has 0 heterocycles. The van der Waals surface area contributed by atoms with Gasteiger partial charge in [0, 0.05) is 12.1 Å². The lowest BCUT2D eigenvalue weighted by Gasteiger charge is -2.41. The molecule has 0 unspecified atom stereocenters. The number of anilines is 1. The fraction of sp³-hybridized carbons (Fsp3) is 0.500. The zero-order chi connectivity index (χ0) is 16.2. The van der Waals surface area contributed by atoms with E-state index in [0.29, 0.717) is 12.8 Å². The predicted molar refractivity (Wildman–Crippen MR) is 80.2 cm³/mol. The molecular formula is C16H21NO5. The van der Waals surface area contributed by atoms with E-state index < -0.39 is 29.5 Å². The third kappa shape index (κ3) is 2.92. The van der Waals surface area contributed by atoms with E-state index in [1.165, 1.54) is 14.2 Å². The van der Waals surface area contributed by atoms with Gasteiger partial charge in [-0.05, 0) is 25.0 Å². The number of nitrogens with one attached hydrogen (secondary N) is 1. The smallest absolute Gasteiger partial charge is 0.325 e. The van der Waals surface area contributed by atoms with Gasteiger partial charge in [-0.15, -0.1) is 0 Å². The number of carbonyl (C=O) groups is 2. The number of aliphatic hydroxyl groups excluding tert-OH is 1. The molecule has 0 aliphatic heterocycles. The van der Waals surface area contributed by atoms with Crippen LogP contribution in [-0.2, 0) is 19.1 Å². The number of hydrogen-bond acceptors (Lipinski definition) is 6. The minimum atomic E-state index is -1.54.